The second kappa shape index (κ2) is 12.8. The Hall–Kier alpha value is -1.91. The van der Waals surface area contributed by atoms with Gasteiger partial charge in [-0.25, -0.2) is 0 Å². The highest BCUT2D eigenvalue weighted by atomic mass is 79.9. The molecule has 0 bridgehead atoms. The molecular formula is C21H30BBrN2O6. The molecule has 0 aromatic heterocycles. The summed E-state index contributed by atoms with van der Waals surface area (Å²) in [5.41, 5.74) is 1.03. The van der Waals surface area contributed by atoms with Gasteiger partial charge in [-0.2, -0.15) is 0 Å². The lowest BCUT2D eigenvalue weighted by Crippen LogP contribution is -2.53. The zero-order valence-electron chi connectivity index (χ0n) is 17.7. The van der Waals surface area contributed by atoms with Crippen molar-refractivity contribution in [2.24, 2.45) is 0 Å². The van der Waals surface area contributed by atoms with E-state index >= 15 is 0 Å². The number of aryl methyl sites for hydroxylation is 1. The molecule has 1 aromatic carbocycles. The molecule has 0 saturated carbocycles. The van der Waals surface area contributed by atoms with Crippen LogP contribution in [0.5, 0.6) is 0 Å². The molecule has 3 atom stereocenters. The van der Waals surface area contributed by atoms with Crippen LogP contribution >= 0.6 is 15.9 Å². The summed E-state index contributed by atoms with van der Waals surface area (Å²) in [5, 5.41) is 22.6. The predicted octanol–water partition coefficient (Wildman–Crippen LogP) is 1.21. The summed E-state index contributed by atoms with van der Waals surface area (Å²) in [6.45, 7) is 1.49. The summed E-state index contributed by atoms with van der Waals surface area (Å²) >= 11 is 3.32. The fourth-order valence-corrected chi connectivity index (χ4v) is 4.05. The standard InChI is InChI=1S/C21H30BBrN2O6/c1-15(26)25-14-17(31-20(27)11-10-16-7-3-2-4-8-16)13-18(25)21(28)24-19(22(29)30)9-5-6-12-23/h2-4,7-8,17-19,29-30H,5-6,9-14H2,1H3,(H,24,28)/t17-,18+,19+/m1/s1. The molecule has 1 aliphatic rings. The van der Waals surface area contributed by atoms with Gasteiger partial charge in [0.15, 0.2) is 0 Å². The third-order valence-electron chi connectivity index (χ3n) is 5.31. The summed E-state index contributed by atoms with van der Waals surface area (Å²) in [6, 6.07) is 8.77. The first-order valence-electron chi connectivity index (χ1n) is 10.5. The summed E-state index contributed by atoms with van der Waals surface area (Å²) in [6.07, 6.45) is 2.31. The first kappa shape index (κ1) is 25.4. The molecule has 31 heavy (non-hydrogen) atoms. The number of hydrogen-bond donors (Lipinski definition) is 3. The van der Waals surface area contributed by atoms with Gasteiger partial charge in [0.2, 0.25) is 11.8 Å². The quantitative estimate of drug-likeness (QED) is 0.183. The second-order valence-electron chi connectivity index (χ2n) is 7.73. The fraction of sp³-hybridized carbons (Fsp3) is 0.571. The van der Waals surface area contributed by atoms with Crippen LogP contribution in [0.2, 0.25) is 0 Å². The number of alkyl halides is 1. The molecular weight excluding hydrogens is 467 g/mol. The maximum absolute atomic E-state index is 12.8. The lowest BCUT2D eigenvalue weighted by molar-refractivity contribution is -0.149. The average Bonchev–Trinajstić information content (AvgIpc) is 3.16. The zero-order valence-corrected chi connectivity index (χ0v) is 19.3. The van der Waals surface area contributed by atoms with E-state index in [1.165, 1.54) is 11.8 Å². The van der Waals surface area contributed by atoms with Crippen molar-refractivity contribution in [2.45, 2.75) is 63.5 Å². The Bertz CT molecular complexity index is 736. The number of hydrogen-bond acceptors (Lipinski definition) is 6. The number of halogens is 1. The number of nitrogens with zero attached hydrogens (tertiary/aromatic N) is 1. The van der Waals surface area contributed by atoms with Gasteiger partial charge in [-0.05, 0) is 24.8 Å². The van der Waals surface area contributed by atoms with E-state index in [1.54, 1.807) is 0 Å². The van der Waals surface area contributed by atoms with E-state index < -0.39 is 31.1 Å². The number of nitrogens with one attached hydrogen (secondary N) is 1. The molecule has 1 aromatic rings. The summed E-state index contributed by atoms with van der Waals surface area (Å²) in [7, 11) is -1.70. The molecule has 1 saturated heterocycles. The van der Waals surface area contributed by atoms with Crippen molar-refractivity contribution in [1.82, 2.24) is 10.2 Å². The summed E-state index contributed by atoms with van der Waals surface area (Å²) in [4.78, 5) is 38.4. The Balaban J connectivity index is 1.91. The Morgan fingerprint density at radius 3 is 2.58 bits per heavy atom. The van der Waals surface area contributed by atoms with Gasteiger partial charge in [0.25, 0.3) is 0 Å². The van der Waals surface area contributed by atoms with Crippen LogP contribution in [-0.2, 0) is 25.5 Å². The molecule has 0 unspecified atom stereocenters. The third kappa shape index (κ3) is 8.27. The van der Waals surface area contributed by atoms with Gasteiger partial charge in [0.1, 0.15) is 12.1 Å². The third-order valence-corrected chi connectivity index (χ3v) is 5.88. The number of likely N-dealkylation sites (tertiary alicyclic amines) is 1. The van der Waals surface area contributed by atoms with Crippen LogP contribution in [0, 0.1) is 0 Å². The number of unbranched alkanes of at least 4 members (excludes halogenated alkanes) is 1. The second-order valence-corrected chi connectivity index (χ2v) is 8.53. The smallest absolute Gasteiger partial charge is 0.460 e. The number of carbonyl (C=O) groups excluding carboxylic acids is 3. The van der Waals surface area contributed by atoms with Crippen molar-refractivity contribution in [3.05, 3.63) is 35.9 Å². The van der Waals surface area contributed by atoms with Crippen molar-refractivity contribution >= 4 is 40.8 Å². The number of rotatable bonds is 11. The highest BCUT2D eigenvalue weighted by molar-refractivity contribution is 9.09. The molecule has 10 heteroatoms. The molecule has 1 fully saturated rings. The van der Waals surface area contributed by atoms with E-state index in [2.05, 4.69) is 21.2 Å². The highest BCUT2D eigenvalue weighted by Gasteiger charge is 2.41. The Labute approximate surface area is 191 Å². The van der Waals surface area contributed by atoms with Gasteiger partial charge in [-0.15, -0.1) is 0 Å². The minimum atomic E-state index is -1.70. The van der Waals surface area contributed by atoms with E-state index in [0.717, 1.165) is 17.3 Å². The van der Waals surface area contributed by atoms with Gasteiger partial charge in [0, 0.05) is 25.1 Å². The maximum atomic E-state index is 12.8. The number of amides is 2. The Morgan fingerprint density at radius 2 is 1.97 bits per heavy atom. The largest absolute Gasteiger partial charge is 0.475 e. The van der Waals surface area contributed by atoms with Gasteiger partial charge >= 0.3 is 13.1 Å². The predicted molar refractivity (Wildman–Crippen MR) is 120 cm³/mol. The molecule has 3 N–H and O–H groups in total. The number of ether oxygens (including phenoxy) is 1. The molecule has 2 amide bonds. The van der Waals surface area contributed by atoms with Crippen molar-refractivity contribution in [3.63, 3.8) is 0 Å². The summed E-state index contributed by atoms with van der Waals surface area (Å²) in [5.74, 6) is -1.98. The molecule has 0 aliphatic carbocycles. The monoisotopic (exact) mass is 496 g/mol. The number of esters is 1. The van der Waals surface area contributed by atoms with Crippen molar-refractivity contribution in [2.75, 3.05) is 11.9 Å². The lowest BCUT2D eigenvalue weighted by Gasteiger charge is -2.25. The number of benzene rings is 1. The average molecular weight is 497 g/mol. The topological polar surface area (TPSA) is 116 Å². The van der Waals surface area contributed by atoms with Crippen LogP contribution in [-0.4, -0.2) is 69.8 Å². The van der Waals surface area contributed by atoms with Crippen molar-refractivity contribution in [3.8, 4) is 0 Å². The first-order chi connectivity index (χ1) is 14.8. The van der Waals surface area contributed by atoms with E-state index in [9.17, 15) is 24.4 Å². The van der Waals surface area contributed by atoms with E-state index in [0.29, 0.717) is 19.3 Å². The van der Waals surface area contributed by atoms with Gasteiger partial charge in [-0.1, -0.05) is 52.7 Å². The van der Waals surface area contributed by atoms with E-state index in [-0.39, 0.29) is 31.3 Å². The normalized spacial score (nSPS) is 19.0. The first-order valence-corrected chi connectivity index (χ1v) is 11.7. The molecule has 1 heterocycles. The van der Waals surface area contributed by atoms with Crippen molar-refractivity contribution in [1.29, 1.82) is 0 Å². The van der Waals surface area contributed by atoms with Gasteiger partial charge in [-0.3, -0.25) is 14.4 Å². The van der Waals surface area contributed by atoms with Gasteiger partial charge in [0.05, 0.1) is 12.5 Å². The molecule has 170 valence electrons. The zero-order chi connectivity index (χ0) is 22.8. The summed E-state index contributed by atoms with van der Waals surface area (Å²) < 4.78 is 5.51. The van der Waals surface area contributed by atoms with E-state index in [1.807, 2.05) is 30.3 Å². The minimum Gasteiger partial charge on any atom is -0.460 e. The maximum Gasteiger partial charge on any atom is 0.475 e. The van der Waals surface area contributed by atoms with Crippen LogP contribution in [0.4, 0.5) is 0 Å². The van der Waals surface area contributed by atoms with Crippen molar-refractivity contribution < 1.29 is 29.2 Å². The van der Waals surface area contributed by atoms with Gasteiger partial charge < -0.3 is 25.0 Å². The molecule has 2 rings (SSSR count). The fourth-order valence-electron chi connectivity index (χ4n) is 3.65. The molecule has 0 spiro atoms. The number of carbonyl (C=O) groups is 3. The van der Waals surface area contributed by atoms with Crippen LogP contribution < -0.4 is 5.32 Å². The van der Waals surface area contributed by atoms with Crippen LogP contribution in [0.15, 0.2) is 30.3 Å². The Kier molecular flexibility index (Phi) is 10.5. The minimum absolute atomic E-state index is 0.139. The van der Waals surface area contributed by atoms with Crippen LogP contribution in [0.3, 0.4) is 0 Å². The molecule has 8 nitrogen and oxygen atoms in total. The van der Waals surface area contributed by atoms with E-state index in [4.69, 9.17) is 4.74 Å². The molecule has 0 radical (unpaired) electrons. The SMILES string of the molecule is CC(=O)N1C[C@H](OC(=O)CCc2ccccc2)C[C@H]1C(=O)N[C@@H](CCCCBr)B(O)O. The molecule has 1 aliphatic heterocycles. The van der Waals surface area contributed by atoms with Crippen LogP contribution in [0.25, 0.3) is 0 Å². The Morgan fingerprint density at radius 1 is 1.26 bits per heavy atom. The lowest BCUT2D eigenvalue weighted by atomic mass is 9.76. The van der Waals surface area contributed by atoms with Crippen LogP contribution in [0.1, 0.15) is 44.6 Å². The highest BCUT2D eigenvalue weighted by Crippen LogP contribution is 2.22.